The molecule has 0 aliphatic carbocycles. The van der Waals surface area contributed by atoms with Crippen LogP contribution in [0.15, 0.2) is 40.2 Å². The predicted octanol–water partition coefficient (Wildman–Crippen LogP) is 0.774. The summed E-state index contributed by atoms with van der Waals surface area (Å²) >= 11 is 0. The standard InChI is InChI=1S/C24H34N6O6S.ClH/c1-27-37(32,33)20-13-16(23(31)28-24(25)26)5-6-17(20)14-29-9-11-30(12-10-29)15-18-7-8-19(34-2)22(36-4)21(18)35-3;/h5-8,13,27H,9-12,14-15H2,1-4H3,(H4,25,26,28,31);1H. The number of rotatable bonds is 10. The van der Waals surface area contributed by atoms with E-state index in [1.54, 1.807) is 27.4 Å². The number of carbonyl (C=O) groups excluding carboxylic acids is 1. The maximum atomic E-state index is 12.7. The fraction of sp³-hybridized carbons (Fsp3) is 0.417. The summed E-state index contributed by atoms with van der Waals surface area (Å²) in [5.41, 5.74) is 12.2. The van der Waals surface area contributed by atoms with Gasteiger partial charge >= 0.3 is 0 Å². The Kier molecular flexibility index (Phi) is 11.2. The molecular weight excluding hydrogens is 536 g/mol. The van der Waals surface area contributed by atoms with Gasteiger partial charge in [0.1, 0.15) is 0 Å². The Labute approximate surface area is 229 Å². The maximum Gasteiger partial charge on any atom is 0.280 e. The molecule has 2 aromatic carbocycles. The Morgan fingerprint density at radius 3 is 1.97 bits per heavy atom. The number of halogens is 1. The van der Waals surface area contributed by atoms with E-state index in [2.05, 4.69) is 19.5 Å². The van der Waals surface area contributed by atoms with Crippen molar-refractivity contribution >= 4 is 34.3 Å². The predicted molar refractivity (Wildman–Crippen MR) is 147 cm³/mol. The molecule has 1 fully saturated rings. The highest BCUT2D eigenvalue weighted by Crippen LogP contribution is 2.40. The molecule has 0 atom stereocenters. The number of piperazine rings is 1. The zero-order valence-electron chi connectivity index (χ0n) is 21.9. The van der Waals surface area contributed by atoms with Crippen LogP contribution in [0.25, 0.3) is 0 Å². The van der Waals surface area contributed by atoms with Crippen molar-refractivity contribution in [1.82, 2.24) is 14.5 Å². The van der Waals surface area contributed by atoms with Crippen LogP contribution in [-0.4, -0.2) is 84.6 Å². The van der Waals surface area contributed by atoms with Crippen LogP contribution >= 0.6 is 12.4 Å². The highest BCUT2D eigenvalue weighted by atomic mass is 35.5. The number of aliphatic imine (C=N–C) groups is 1. The van der Waals surface area contributed by atoms with Gasteiger partial charge in [0, 0.05) is 50.4 Å². The van der Waals surface area contributed by atoms with Gasteiger partial charge in [0.15, 0.2) is 17.5 Å². The van der Waals surface area contributed by atoms with Crippen molar-refractivity contribution in [2.75, 3.05) is 54.6 Å². The first kappa shape index (κ1) is 31.1. The van der Waals surface area contributed by atoms with E-state index in [-0.39, 0.29) is 22.9 Å². The minimum atomic E-state index is -3.82. The zero-order chi connectivity index (χ0) is 27.2. The molecule has 1 aliphatic heterocycles. The second kappa shape index (κ2) is 13.6. The number of methoxy groups -OCH3 is 3. The van der Waals surface area contributed by atoms with Gasteiger partial charge in [0.25, 0.3) is 5.91 Å². The molecule has 0 unspecified atom stereocenters. The van der Waals surface area contributed by atoms with E-state index < -0.39 is 21.9 Å². The lowest BCUT2D eigenvalue weighted by atomic mass is 10.1. The minimum Gasteiger partial charge on any atom is -0.493 e. The van der Waals surface area contributed by atoms with Crippen molar-refractivity contribution in [3.8, 4) is 17.2 Å². The van der Waals surface area contributed by atoms with Crippen molar-refractivity contribution in [1.29, 1.82) is 0 Å². The van der Waals surface area contributed by atoms with Gasteiger partial charge in [-0.25, -0.2) is 13.1 Å². The molecule has 0 radical (unpaired) electrons. The Hall–Kier alpha value is -3.10. The Morgan fingerprint density at radius 1 is 0.921 bits per heavy atom. The molecule has 14 heteroatoms. The Balaban J connectivity index is 0.00000507. The number of nitrogens with one attached hydrogen (secondary N) is 1. The highest BCUT2D eigenvalue weighted by Gasteiger charge is 2.24. The molecule has 1 saturated heterocycles. The van der Waals surface area contributed by atoms with E-state index in [1.165, 1.54) is 19.2 Å². The number of hydrogen-bond acceptors (Lipinski definition) is 8. The lowest BCUT2D eigenvalue weighted by Crippen LogP contribution is -2.45. The summed E-state index contributed by atoms with van der Waals surface area (Å²) in [4.78, 5) is 20.2. The van der Waals surface area contributed by atoms with Gasteiger partial charge in [-0.3, -0.25) is 14.6 Å². The quantitative estimate of drug-likeness (QED) is 0.275. The molecule has 0 aromatic heterocycles. The fourth-order valence-electron chi connectivity index (χ4n) is 4.24. The first-order valence-corrected chi connectivity index (χ1v) is 13.0. The number of benzene rings is 2. The summed E-state index contributed by atoms with van der Waals surface area (Å²) in [6, 6.07) is 8.28. The number of ether oxygens (including phenoxy) is 3. The molecular formula is C24H35ClN6O6S. The van der Waals surface area contributed by atoms with Crippen molar-refractivity contribution in [3.63, 3.8) is 0 Å². The number of amides is 1. The van der Waals surface area contributed by atoms with Gasteiger partial charge in [0.05, 0.1) is 26.2 Å². The Morgan fingerprint density at radius 2 is 1.47 bits per heavy atom. The van der Waals surface area contributed by atoms with Crippen LogP contribution in [0.2, 0.25) is 0 Å². The van der Waals surface area contributed by atoms with Crippen molar-refractivity contribution < 1.29 is 27.4 Å². The molecule has 210 valence electrons. The zero-order valence-corrected chi connectivity index (χ0v) is 23.5. The van der Waals surface area contributed by atoms with Crippen molar-refractivity contribution in [2.24, 2.45) is 16.5 Å². The third kappa shape index (κ3) is 7.26. The number of hydrogen-bond donors (Lipinski definition) is 3. The molecule has 1 aliphatic rings. The summed E-state index contributed by atoms with van der Waals surface area (Å²) < 4.78 is 44.2. The molecule has 0 spiro atoms. The normalized spacial score (nSPS) is 14.3. The van der Waals surface area contributed by atoms with Crippen LogP contribution in [0.1, 0.15) is 21.5 Å². The fourth-order valence-corrected chi connectivity index (χ4v) is 5.21. The molecule has 5 N–H and O–H groups in total. The average molecular weight is 571 g/mol. The van der Waals surface area contributed by atoms with Crippen molar-refractivity contribution in [2.45, 2.75) is 18.0 Å². The number of carbonyl (C=O) groups is 1. The first-order valence-electron chi connectivity index (χ1n) is 11.6. The second-order valence-corrected chi connectivity index (χ2v) is 10.3. The first-order chi connectivity index (χ1) is 17.6. The molecule has 12 nitrogen and oxygen atoms in total. The van der Waals surface area contributed by atoms with Gasteiger partial charge in [-0.1, -0.05) is 12.1 Å². The third-order valence-electron chi connectivity index (χ3n) is 6.14. The topological polar surface area (TPSA) is 162 Å². The van der Waals surface area contributed by atoms with Gasteiger partial charge in [-0.2, -0.15) is 4.99 Å². The lowest BCUT2D eigenvalue weighted by molar-refractivity contribution is 0.100. The van der Waals surface area contributed by atoms with Gasteiger partial charge in [-0.05, 0) is 30.8 Å². The molecule has 38 heavy (non-hydrogen) atoms. The van der Waals surface area contributed by atoms with Gasteiger partial charge in [0.2, 0.25) is 15.8 Å². The number of nitrogens with two attached hydrogens (primary N) is 2. The van der Waals surface area contributed by atoms with Gasteiger partial charge < -0.3 is 25.7 Å². The van der Waals surface area contributed by atoms with E-state index in [0.29, 0.717) is 35.9 Å². The SMILES string of the molecule is CNS(=O)(=O)c1cc(C(=O)N=C(N)N)ccc1CN1CCN(Cc2ccc(OC)c(OC)c2OC)CC1.Cl. The summed E-state index contributed by atoms with van der Waals surface area (Å²) in [6.45, 7) is 4.06. The summed E-state index contributed by atoms with van der Waals surface area (Å²) in [7, 11) is 2.27. The molecule has 2 aromatic rings. The summed E-state index contributed by atoms with van der Waals surface area (Å²) in [5.74, 6) is 0.697. The molecule has 0 saturated carbocycles. The Bertz CT molecular complexity index is 1260. The number of sulfonamides is 1. The van der Waals surface area contributed by atoms with E-state index >= 15 is 0 Å². The van der Waals surface area contributed by atoms with Gasteiger partial charge in [-0.15, -0.1) is 12.4 Å². The molecule has 1 amide bonds. The van der Waals surface area contributed by atoms with Crippen LogP contribution < -0.4 is 30.4 Å². The maximum absolute atomic E-state index is 12.7. The van der Waals surface area contributed by atoms with E-state index in [0.717, 1.165) is 31.7 Å². The highest BCUT2D eigenvalue weighted by molar-refractivity contribution is 7.89. The van der Waals surface area contributed by atoms with Crippen LogP contribution in [0.3, 0.4) is 0 Å². The van der Waals surface area contributed by atoms with E-state index in [1.807, 2.05) is 12.1 Å². The van der Waals surface area contributed by atoms with Crippen molar-refractivity contribution in [3.05, 3.63) is 47.0 Å². The third-order valence-corrected chi connectivity index (χ3v) is 7.64. The lowest BCUT2D eigenvalue weighted by Gasteiger charge is -2.35. The van der Waals surface area contributed by atoms with E-state index in [9.17, 15) is 13.2 Å². The largest absolute Gasteiger partial charge is 0.493 e. The average Bonchev–Trinajstić information content (AvgIpc) is 2.89. The number of nitrogens with zero attached hydrogens (tertiary/aromatic N) is 3. The monoisotopic (exact) mass is 570 g/mol. The summed E-state index contributed by atoms with van der Waals surface area (Å²) in [5, 5.41) is 0. The second-order valence-electron chi connectivity index (χ2n) is 8.42. The smallest absolute Gasteiger partial charge is 0.280 e. The van der Waals surface area contributed by atoms with Crippen LogP contribution in [0.5, 0.6) is 17.2 Å². The van der Waals surface area contributed by atoms with Crippen LogP contribution in [0.4, 0.5) is 0 Å². The molecule has 3 rings (SSSR count). The van der Waals surface area contributed by atoms with Crippen LogP contribution in [0, 0.1) is 0 Å². The molecule has 0 bridgehead atoms. The molecule has 1 heterocycles. The van der Waals surface area contributed by atoms with E-state index in [4.69, 9.17) is 25.7 Å². The number of guanidine groups is 1. The minimum absolute atomic E-state index is 0. The van der Waals surface area contributed by atoms with Crippen LogP contribution in [-0.2, 0) is 23.1 Å². The summed E-state index contributed by atoms with van der Waals surface area (Å²) in [6.07, 6.45) is 0.